The third kappa shape index (κ3) is 2.50. The number of fused-ring (bicyclic) bond motifs is 1. The lowest BCUT2D eigenvalue weighted by atomic mass is 10.0. The summed E-state index contributed by atoms with van der Waals surface area (Å²) in [6, 6.07) is 5.57. The summed E-state index contributed by atoms with van der Waals surface area (Å²) >= 11 is 1.73. The van der Waals surface area contributed by atoms with E-state index in [4.69, 9.17) is 0 Å². The molecule has 3 rings (SSSR count). The number of hydrogen-bond acceptors (Lipinski definition) is 2. The Kier molecular flexibility index (Phi) is 3.85. The summed E-state index contributed by atoms with van der Waals surface area (Å²) in [5, 5.41) is 3.28. The Morgan fingerprint density at radius 2 is 2.10 bits per heavy atom. The SMILES string of the molecule is CCNC(c1cc2c(s1)CCC2)c1cc(F)ccc1F. The van der Waals surface area contributed by atoms with E-state index in [1.165, 1.54) is 29.0 Å². The highest BCUT2D eigenvalue weighted by Crippen LogP contribution is 2.36. The molecule has 1 aliphatic carbocycles. The van der Waals surface area contributed by atoms with E-state index in [9.17, 15) is 8.78 Å². The minimum absolute atomic E-state index is 0.258. The molecule has 0 bridgehead atoms. The monoisotopic (exact) mass is 293 g/mol. The first-order chi connectivity index (χ1) is 9.69. The molecule has 1 aromatic heterocycles. The predicted octanol–water partition coefficient (Wildman–Crippen LogP) is 4.21. The van der Waals surface area contributed by atoms with Crippen molar-refractivity contribution in [3.05, 3.63) is 56.8 Å². The third-order valence-electron chi connectivity index (χ3n) is 3.73. The Morgan fingerprint density at radius 1 is 1.25 bits per heavy atom. The standard InChI is InChI=1S/C16H17F2NS/c1-2-19-16(12-9-11(17)6-7-13(12)18)15-8-10-4-3-5-14(10)20-15/h6-9,16,19H,2-5H2,1H3. The minimum Gasteiger partial charge on any atom is -0.306 e. The summed E-state index contributed by atoms with van der Waals surface area (Å²) in [7, 11) is 0. The Bertz CT molecular complexity index is 599. The Morgan fingerprint density at radius 3 is 2.85 bits per heavy atom. The normalized spacial score (nSPS) is 15.3. The van der Waals surface area contributed by atoms with E-state index < -0.39 is 5.82 Å². The van der Waals surface area contributed by atoms with Crippen LogP contribution < -0.4 is 5.32 Å². The number of halogens is 2. The van der Waals surface area contributed by atoms with Crippen LogP contribution in [-0.2, 0) is 12.8 Å². The second-order valence-electron chi connectivity index (χ2n) is 5.11. The van der Waals surface area contributed by atoms with Gasteiger partial charge in [-0.1, -0.05) is 6.92 Å². The first kappa shape index (κ1) is 13.7. The summed E-state index contributed by atoms with van der Waals surface area (Å²) in [5.41, 5.74) is 1.77. The van der Waals surface area contributed by atoms with Crippen LogP contribution in [-0.4, -0.2) is 6.54 Å². The van der Waals surface area contributed by atoms with Gasteiger partial charge in [-0.15, -0.1) is 11.3 Å². The van der Waals surface area contributed by atoms with Gasteiger partial charge in [0.05, 0.1) is 6.04 Å². The summed E-state index contributed by atoms with van der Waals surface area (Å²) in [6.45, 7) is 2.69. The topological polar surface area (TPSA) is 12.0 Å². The van der Waals surface area contributed by atoms with E-state index in [-0.39, 0.29) is 11.9 Å². The smallest absolute Gasteiger partial charge is 0.128 e. The zero-order valence-electron chi connectivity index (χ0n) is 11.4. The van der Waals surface area contributed by atoms with E-state index >= 15 is 0 Å². The van der Waals surface area contributed by atoms with Gasteiger partial charge >= 0.3 is 0 Å². The van der Waals surface area contributed by atoms with Crippen LogP contribution >= 0.6 is 11.3 Å². The Labute approximate surface area is 121 Å². The van der Waals surface area contributed by atoms with Crippen molar-refractivity contribution < 1.29 is 8.78 Å². The second kappa shape index (κ2) is 5.62. The van der Waals surface area contributed by atoms with Gasteiger partial charge in [0.2, 0.25) is 0 Å². The number of thiophene rings is 1. The van der Waals surface area contributed by atoms with Crippen molar-refractivity contribution in [2.24, 2.45) is 0 Å². The van der Waals surface area contributed by atoms with Crippen LogP contribution in [0.15, 0.2) is 24.3 Å². The van der Waals surface area contributed by atoms with Gasteiger partial charge in [-0.05, 0) is 55.6 Å². The minimum atomic E-state index is -0.395. The molecule has 1 nitrogen and oxygen atoms in total. The van der Waals surface area contributed by atoms with Crippen LogP contribution in [0.5, 0.6) is 0 Å². The Balaban J connectivity index is 2.01. The number of benzene rings is 1. The molecule has 0 aliphatic heterocycles. The lowest BCUT2D eigenvalue weighted by Gasteiger charge is -2.18. The average molecular weight is 293 g/mol. The highest BCUT2D eigenvalue weighted by atomic mass is 32.1. The van der Waals surface area contributed by atoms with Gasteiger partial charge in [-0.2, -0.15) is 0 Å². The van der Waals surface area contributed by atoms with Crippen LogP contribution in [0.1, 0.15) is 40.3 Å². The fourth-order valence-electron chi connectivity index (χ4n) is 2.80. The molecule has 1 atom stereocenters. The molecule has 0 fully saturated rings. The van der Waals surface area contributed by atoms with Crippen molar-refractivity contribution >= 4 is 11.3 Å². The molecule has 1 unspecified atom stereocenters. The molecular weight excluding hydrogens is 276 g/mol. The highest BCUT2D eigenvalue weighted by Gasteiger charge is 2.23. The number of hydrogen-bond donors (Lipinski definition) is 1. The van der Waals surface area contributed by atoms with Gasteiger partial charge in [0.15, 0.2) is 0 Å². The second-order valence-corrected chi connectivity index (χ2v) is 6.28. The van der Waals surface area contributed by atoms with Crippen molar-refractivity contribution in [2.45, 2.75) is 32.2 Å². The fourth-order valence-corrected chi connectivity index (χ4v) is 4.15. The lowest BCUT2D eigenvalue weighted by molar-refractivity contribution is 0.548. The maximum atomic E-state index is 14.0. The number of rotatable bonds is 4. The van der Waals surface area contributed by atoms with E-state index in [1.807, 2.05) is 6.92 Å². The maximum Gasteiger partial charge on any atom is 0.128 e. The predicted molar refractivity (Wildman–Crippen MR) is 78.2 cm³/mol. The quantitative estimate of drug-likeness (QED) is 0.890. The van der Waals surface area contributed by atoms with Crippen LogP contribution in [0, 0.1) is 11.6 Å². The molecule has 1 N–H and O–H groups in total. The first-order valence-electron chi connectivity index (χ1n) is 6.99. The van der Waals surface area contributed by atoms with Crippen LogP contribution in [0.25, 0.3) is 0 Å². The highest BCUT2D eigenvalue weighted by molar-refractivity contribution is 7.12. The van der Waals surface area contributed by atoms with Crippen LogP contribution in [0.4, 0.5) is 8.78 Å². The van der Waals surface area contributed by atoms with Gasteiger partial charge in [-0.3, -0.25) is 0 Å². The van der Waals surface area contributed by atoms with Crippen LogP contribution in [0.2, 0.25) is 0 Å². The summed E-state index contributed by atoms with van der Waals surface area (Å²) in [4.78, 5) is 2.49. The van der Waals surface area contributed by atoms with Gasteiger partial charge in [0, 0.05) is 15.3 Å². The lowest BCUT2D eigenvalue weighted by Crippen LogP contribution is -2.22. The van der Waals surface area contributed by atoms with Gasteiger partial charge in [0.25, 0.3) is 0 Å². The first-order valence-corrected chi connectivity index (χ1v) is 7.80. The van der Waals surface area contributed by atoms with Crippen molar-refractivity contribution in [1.29, 1.82) is 0 Å². The third-order valence-corrected chi connectivity index (χ3v) is 5.03. The maximum absolute atomic E-state index is 14.0. The molecule has 4 heteroatoms. The molecule has 0 saturated heterocycles. The number of aryl methyl sites for hydroxylation is 2. The largest absolute Gasteiger partial charge is 0.306 e. The zero-order chi connectivity index (χ0) is 14.1. The zero-order valence-corrected chi connectivity index (χ0v) is 12.2. The molecule has 2 aromatic rings. The molecule has 1 aliphatic rings. The van der Waals surface area contributed by atoms with Crippen molar-refractivity contribution in [3.8, 4) is 0 Å². The molecule has 1 aromatic carbocycles. The van der Waals surface area contributed by atoms with Gasteiger partial charge < -0.3 is 5.32 Å². The molecule has 0 amide bonds. The van der Waals surface area contributed by atoms with Gasteiger partial charge in [-0.25, -0.2) is 8.78 Å². The van der Waals surface area contributed by atoms with Gasteiger partial charge in [0.1, 0.15) is 11.6 Å². The number of nitrogens with one attached hydrogen (secondary N) is 1. The average Bonchev–Trinajstić information content (AvgIpc) is 3.00. The fraction of sp³-hybridized carbons (Fsp3) is 0.375. The van der Waals surface area contributed by atoms with E-state index in [1.54, 1.807) is 11.3 Å². The molecule has 0 saturated carbocycles. The van der Waals surface area contributed by atoms with Crippen molar-refractivity contribution in [2.75, 3.05) is 6.54 Å². The Hall–Kier alpha value is -1.26. The molecular formula is C16H17F2NS. The summed E-state index contributed by atoms with van der Waals surface area (Å²) < 4.78 is 27.5. The van der Waals surface area contributed by atoms with Crippen LogP contribution in [0.3, 0.4) is 0 Å². The molecule has 20 heavy (non-hydrogen) atoms. The molecule has 106 valence electrons. The molecule has 0 radical (unpaired) electrons. The molecule has 0 spiro atoms. The molecule has 1 heterocycles. The van der Waals surface area contributed by atoms with Crippen molar-refractivity contribution in [1.82, 2.24) is 5.32 Å². The van der Waals surface area contributed by atoms with Crippen molar-refractivity contribution in [3.63, 3.8) is 0 Å². The van der Waals surface area contributed by atoms with E-state index in [0.29, 0.717) is 12.1 Å². The summed E-state index contributed by atoms with van der Waals surface area (Å²) in [5.74, 6) is -0.751. The van der Waals surface area contributed by atoms with E-state index in [2.05, 4.69) is 11.4 Å². The summed E-state index contributed by atoms with van der Waals surface area (Å²) in [6.07, 6.45) is 3.43. The van der Waals surface area contributed by atoms with E-state index in [0.717, 1.165) is 23.8 Å².